The summed E-state index contributed by atoms with van der Waals surface area (Å²) in [5.41, 5.74) is 5.18. The third-order valence-electron chi connectivity index (χ3n) is 2.51. The second-order valence-electron chi connectivity index (χ2n) is 5.38. The van der Waals surface area contributed by atoms with E-state index in [1.807, 2.05) is 0 Å². The van der Waals surface area contributed by atoms with E-state index in [2.05, 4.69) is 4.98 Å². The normalized spacial score (nSPS) is 11.7. The molecule has 0 atom stereocenters. The first-order chi connectivity index (χ1) is 9.17. The zero-order valence-corrected chi connectivity index (χ0v) is 11.3. The Hall–Kier alpha value is -2.24. The Morgan fingerprint density at radius 2 is 1.80 bits per heavy atom. The average molecular weight is 280 g/mol. The van der Waals surface area contributed by atoms with Gasteiger partial charge in [-0.05, 0) is 32.9 Å². The van der Waals surface area contributed by atoms with Gasteiger partial charge in [-0.1, -0.05) is 0 Å². The second-order valence-corrected chi connectivity index (χ2v) is 5.38. The van der Waals surface area contributed by atoms with Crippen molar-refractivity contribution in [2.45, 2.75) is 26.4 Å². The molecule has 1 aromatic heterocycles. The van der Waals surface area contributed by atoms with Crippen molar-refractivity contribution < 1.29 is 18.3 Å². The summed E-state index contributed by atoms with van der Waals surface area (Å²) in [6, 6.07) is 3.24. The lowest BCUT2D eigenvalue weighted by Gasteiger charge is -2.20. The van der Waals surface area contributed by atoms with E-state index in [9.17, 15) is 13.6 Å². The number of carbonyl (C=O) groups is 1. The molecule has 6 heteroatoms. The molecule has 0 saturated heterocycles. The molecule has 0 spiro atoms. The molecule has 0 aliphatic rings. The molecule has 0 fully saturated rings. The quantitative estimate of drug-likeness (QED) is 0.815. The van der Waals surface area contributed by atoms with Crippen LogP contribution >= 0.6 is 0 Å². The van der Waals surface area contributed by atoms with Gasteiger partial charge in [0.2, 0.25) is 0 Å². The Morgan fingerprint density at radius 3 is 2.40 bits per heavy atom. The molecule has 1 heterocycles. The number of nitrogen functional groups attached to an aromatic ring is 1. The lowest BCUT2D eigenvalue weighted by atomic mass is 10.1. The molecule has 4 nitrogen and oxygen atoms in total. The Labute approximate surface area is 114 Å². The maximum absolute atomic E-state index is 13.2. The van der Waals surface area contributed by atoms with Crippen molar-refractivity contribution in [1.29, 1.82) is 0 Å². The van der Waals surface area contributed by atoms with Crippen molar-refractivity contribution in [3.63, 3.8) is 0 Å². The molecule has 0 saturated carbocycles. The van der Waals surface area contributed by atoms with Crippen LogP contribution in [-0.2, 0) is 4.74 Å². The standard InChI is InChI=1S/C14H14F2N2O2/c1-14(2,3)20-13(19)8-4-7-5-9(15)10(16)6-11(7)18-12(8)17/h4-6H,1-3H3,(H2,17,18). The number of pyridine rings is 1. The molecular formula is C14H14F2N2O2. The number of fused-ring (bicyclic) bond motifs is 1. The monoisotopic (exact) mass is 280 g/mol. The van der Waals surface area contributed by atoms with Crippen LogP contribution in [0, 0.1) is 11.6 Å². The van der Waals surface area contributed by atoms with Crippen molar-refractivity contribution in [3.05, 3.63) is 35.4 Å². The number of carbonyl (C=O) groups excluding carboxylic acids is 1. The van der Waals surface area contributed by atoms with Crippen LogP contribution in [0.3, 0.4) is 0 Å². The minimum Gasteiger partial charge on any atom is -0.456 e. The number of hydrogen-bond donors (Lipinski definition) is 1. The maximum Gasteiger partial charge on any atom is 0.342 e. The molecule has 0 amide bonds. The van der Waals surface area contributed by atoms with Crippen LogP contribution in [0.4, 0.5) is 14.6 Å². The van der Waals surface area contributed by atoms with Gasteiger partial charge >= 0.3 is 5.97 Å². The number of aromatic nitrogens is 1. The Kier molecular flexibility index (Phi) is 3.33. The van der Waals surface area contributed by atoms with E-state index in [1.165, 1.54) is 6.07 Å². The number of nitrogens with zero attached hydrogens (tertiary/aromatic N) is 1. The Balaban J connectivity index is 2.52. The second kappa shape index (κ2) is 4.70. The fourth-order valence-corrected chi connectivity index (χ4v) is 1.68. The lowest BCUT2D eigenvalue weighted by molar-refractivity contribution is 0.00706. The van der Waals surface area contributed by atoms with Gasteiger partial charge in [0.25, 0.3) is 0 Å². The highest BCUT2D eigenvalue weighted by Crippen LogP contribution is 2.23. The molecule has 0 bridgehead atoms. The number of rotatable bonds is 1. The molecule has 2 aromatic rings. The summed E-state index contributed by atoms with van der Waals surface area (Å²) in [5.74, 6) is -2.78. The van der Waals surface area contributed by atoms with Gasteiger partial charge in [-0.25, -0.2) is 18.6 Å². The fraction of sp³-hybridized carbons (Fsp3) is 0.286. The number of ether oxygens (including phenoxy) is 1. The highest BCUT2D eigenvalue weighted by Gasteiger charge is 2.21. The third kappa shape index (κ3) is 2.84. The van der Waals surface area contributed by atoms with E-state index in [4.69, 9.17) is 10.5 Å². The summed E-state index contributed by atoms with van der Waals surface area (Å²) >= 11 is 0. The number of halogens is 2. The summed E-state index contributed by atoms with van der Waals surface area (Å²) in [5, 5.41) is 0.277. The zero-order valence-electron chi connectivity index (χ0n) is 11.3. The number of nitrogens with two attached hydrogens (primary N) is 1. The predicted octanol–water partition coefficient (Wildman–Crippen LogP) is 3.05. The molecule has 106 valence electrons. The highest BCUT2D eigenvalue weighted by molar-refractivity contribution is 5.98. The molecule has 0 aliphatic heterocycles. The smallest absolute Gasteiger partial charge is 0.342 e. The van der Waals surface area contributed by atoms with Gasteiger partial charge in [0.05, 0.1) is 5.52 Å². The molecule has 2 N–H and O–H groups in total. The summed E-state index contributed by atoms with van der Waals surface area (Å²) in [7, 11) is 0. The van der Waals surface area contributed by atoms with Crippen LogP contribution < -0.4 is 5.73 Å². The van der Waals surface area contributed by atoms with Gasteiger partial charge in [-0.2, -0.15) is 0 Å². The minimum atomic E-state index is -1.02. The zero-order chi connectivity index (χ0) is 15.1. The van der Waals surface area contributed by atoms with Crippen LogP contribution in [0.2, 0.25) is 0 Å². The van der Waals surface area contributed by atoms with Crippen LogP contribution in [0.1, 0.15) is 31.1 Å². The van der Waals surface area contributed by atoms with Crippen LogP contribution in [0.15, 0.2) is 18.2 Å². The number of esters is 1. The molecule has 1 aromatic carbocycles. The van der Waals surface area contributed by atoms with E-state index in [0.29, 0.717) is 0 Å². The minimum absolute atomic E-state index is 0.0263. The van der Waals surface area contributed by atoms with E-state index in [1.54, 1.807) is 20.8 Å². The van der Waals surface area contributed by atoms with E-state index in [-0.39, 0.29) is 22.3 Å². The summed E-state index contributed by atoms with van der Waals surface area (Å²) in [6.07, 6.45) is 0. The molecule has 2 rings (SSSR count). The van der Waals surface area contributed by atoms with Gasteiger partial charge in [-0.3, -0.25) is 0 Å². The summed E-state index contributed by atoms with van der Waals surface area (Å²) in [4.78, 5) is 15.9. The van der Waals surface area contributed by atoms with Crippen LogP contribution in [0.5, 0.6) is 0 Å². The van der Waals surface area contributed by atoms with Gasteiger partial charge in [0.1, 0.15) is 17.0 Å². The molecule has 0 aliphatic carbocycles. The molecule has 20 heavy (non-hydrogen) atoms. The summed E-state index contributed by atoms with van der Waals surface area (Å²) in [6.45, 7) is 5.14. The Bertz CT molecular complexity index is 694. The topological polar surface area (TPSA) is 65.2 Å². The number of benzene rings is 1. The summed E-state index contributed by atoms with van der Waals surface area (Å²) < 4.78 is 31.5. The predicted molar refractivity (Wildman–Crippen MR) is 71.2 cm³/mol. The van der Waals surface area contributed by atoms with E-state index >= 15 is 0 Å². The molecular weight excluding hydrogens is 266 g/mol. The van der Waals surface area contributed by atoms with E-state index in [0.717, 1.165) is 12.1 Å². The van der Waals surface area contributed by atoms with Gasteiger partial charge in [0, 0.05) is 11.5 Å². The largest absolute Gasteiger partial charge is 0.456 e. The maximum atomic E-state index is 13.2. The molecule has 0 radical (unpaired) electrons. The van der Waals surface area contributed by atoms with Gasteiger partial charge in [-0.15, -0.1) is 0 Å². The van der Waals surface area contributed by atoms with E-state index < -0.39 is 23.2 Å². The first-order valence-electron chi connectivity index (χ1n) is 5.96. The van der Waals surface area contributed by atoms with Crippen molar-refractivity contribution in [2.75, 3.05) is 5.73 Å². The third-order valence-corrected chi connectivity index (χ3v) is 2.51. The first-order valence-corrected chi connectivity index (χ1v) is 5.96. The average Bonchev–Trinajstić information content (AvgIpc) is 2.28. The van der Waals surface area contributed by atoms with Crippen LogP contribution in [-0.4, -0.2) is 16.6 Å². The Morgan fingerprint density at radius 1 is 1.20 bits per heavy atom. The number of hydrogen-bond acceptors (Lipinski definition) is 4. The SMILES string of the molecule is CC(C)(C)OC(=O)c1cc2cc(F)c(F)cc2nc1N. The van der Waals surface area contributed by atoms with Crippen molar-refractivity contribution in [3.8, 4) is 0 Å². The van der Waals surface area contributed by atoms with Crippen LogP contribution in [0.25, 0.3) is 10.9 Å². The lowest BCUT2D eigenvalue weighted by Crippen LogP contribution is -2.24. The first kappa shape index (κ1) is 14.2. The fourth-order valence-electron chi connectivity index (χ4n) is 1.68. The van der Waals surface area contributed by atoms with Crippen molar-refractivity contribution in [1.82, 2.24) is 4.98 Å². The number of anilines is 1. The van der Waals surface area contributed by atoms with Gasteiger partial charge < -0.3 is 10.5 Å². The van der Waals surface area contributed by atoms with Gasteiger partial charge in [0.15, 0.2) is 11.6 Å². The van der Waals surface area contributed by atoms with Crippen molar-refractivity contribution in [2.24, 2.45) is 0 Å². The van der Waals surface area contributed by atoms with Crippen molar-refractivity contribution >= 4 is 22.7 Å². The molecule has 0 unspecified atom stereocenters. The highest BCUT2D eigenvalue weighted by atomic mass is 19.2.